The lowest BCUT2D eigenvalue weighted by atomic mass is 9.99. The van der Waals surface area contributed by atoms with Crippen LogP contribution in [0, 0.1) is 20.8 Å². The van der Waals surface area contributed by atoms with Crippen molar-refractivity contribution < 1.29 is 4.79 Å². The fourth-order valence-corrected chi connectivity index (χ4v) is 3.15. The molecule has 1 aliphatic heterocycles. The second-order valence-corrected chi connectivity index (χ2v) is 6.74. The monoisotopic (exact) mass is 326 g/mol. The zero-order valence-corrected chi connectivity index (χ0v) is 15.0. The summed E-state index contributed by atoms with van der Waals surface area (Å²) in [6.07, 6.45) is 3.02. The van der Waals surface area contributed by atoms with E-state index in [2.05, 4.69) is 42.6 Å². The van der Waals surface area contributed by atoms with Gasteiger partial charge in [-0.2, -0.15) is 0 Å². The average molecular weight is 326 g/mol. The number of hydrogen-bond donors (Lipinski definition) is 1. The number of aromatic nitrogens is 2. The number of carbonyl (C=O) groups excluding carboxylic acids is 1. The Hall–Kier alpha value is -2.30. The topological polar surface area (TPSA) is 50.2 Å². The van der Waals surface area contributed by atoms with Crippen LogP contribution >= 0.6 is 0 Å². The molecule has 0 aliphatic carbocycles. The van der Waals surface area contributed by atoms with E-state index in [1.165, 1.54) is 16.8 Å². The van der Waals surface area contributed by atoms with Crippen LogP contribution in [0.1, 0.15) is 41.9 Å². The van der Waals surface area contributed by atoms with Gasteiger partial charge in [-0.05, 0) is 50.5 Å². The maximum absolute atomic E-state index is 12.4. The molecule has 0 bridgehead atoms. The minimum atomic E-state index is -0.0279. The van der Waals surface area contributed by atoms with E-state index in [9.17, 15) is 4.79 Å². The smallest absolute Gasteiger partial charge is 0.321 e. The number of amides is 2. The summed E-state index contributed by atoms with van der Waals surface area (Å²) in [5.74, 6) is 1.46. The maximum atomic E-state index is 12.4. The molecule has 0 unspecified atom stereocenters. The Morgan fingerprint density at radius 2 is 2.00 bits per heavy atom. The number of hydrogen-bond acceptors (Lipinski definition) is 2. The van der Waals surface area contributed by atoms with Crippen LogP contribution < -0.4 is 5.32 Å². The highest BCUT2D eigenvalue weighted by molar-refractivity contribution is 5.90. The number of nitrogens with one attached hydrogen (secondary N) is 1. The summed E-state index contributed by atoms with van der Waals surface area (Å²) in [7, 11) is 0. The van der Waals surface area contributed by atoms with E-state index in [4.69, 9.17) is 0 Å². The van der Waals surface area contributed by atoms with Crippen molar-refractivity contribution in [2.24, 2.45) is 0 Å². The van der Waals surface area contributed by atoms with E-state index in [0.717, 1.165) is 37.6 Å². The van der Waals surface area contributed by atoms with Gasteiger partial charge in [-0.25, -0.2) is 9.78 Å². The first-order valence-electron chi connectivity index (χ1n) is 8.64. The molecular weight excluding hydrogens is 300 g/mol. The van der Waals surface area contributed by atoms with Crippen LogP contribution in [0.15, 0.2) is 24.4 Å². The summed E-state index contributed by atoms with van der Waals surface area (Å²) >= 11 is 0. The van der Waals surface area contributed by atoms with Gasteiger partial charge in [0.15, 0.2) is 0 Å². The van der Waals surface area contributed by atoms with Crippen LogP contribution in [0.2, 0.25) is 0 Å². The molecule has 2 heterocycles. The van der Waals surface area contributed by atoms with E-state index < -0.39 is 0 Å². The molecule has 24 heavy (non-hydrogen) atoms. The van der Waals surface area contributed by atoms with Crippen LogP contribution in [0.3, 0.4) is 0 Å². The average Bonchev–Trinajstić information content (AvgIpc) is 2.84. The second kappa shape index (κ2) is 6.67. The Morgan fingerprint density at radius 3 is 2.67 bits per heavy atom. The third-order valence-electron chi connectivity index (χ3n) is 4.83. The highest BCUT2D eigenvalue weighted by Gasteiger charge is 2.34. The van der Waals surface area contributed by atoms with E-state index in [1.54, 1.807) is 0 Å². The minimum absolute atomic E-state index is 0.0279. The van der Waals surface area contributed by atoms with Crippen LogP contribution in [0.4, 0.5) is 10.5 Å². The molecule has 0 atom stereocenters. The molecule has 0 saturated carbocycles. The number of likely N-dealkylation sites (tertiary alicyclic amines) is 1. The number of nitrogens with zero attached hydrogens (tertiary/aromatic N) is 3. The zero-order chi connectivity index (χ0) is 17.3. The lowest BCUT2D eigenvalue weighted by molar-refractivity contribution is 0.159. The number of imidazole rings is 1. The maximum Gasteiger partial charge on any atom is 0.321 e. The highest BCUT2D eigenvalue weighted by Crippen LogP contribution is 2.28. The molecule has 1 N–H and O–H groups in total. The summed E-state index contributed by atoms with van der Waals surface area (Å²) in [4.78, 5) is 18.8. The molecule has 2 aromatic rings. The van der Waals surface area contributed by atoms with Crippen molar-refractivity contribution in [3.8, 4) is 0 Å². The second-order valence-electron chi connectivity index (χ2n) is 6.74. The third kappa shape index (κ3) is 3.16. The molecule has 5 heteroatoms. The molecule has 1 aromatic carbocycles. The highest BCUT2D eigenvalue weighted by atomic mass is 16.2. The largest absolute Gasteiger partial charge is 0.332 e. The number of anilines is 1. The van der Waals surface area contributed by atoms with Gasteiger partial charge in [0.05, 0.1) is 5.92 Å². The van der Waals surface area contributed by atoms with E-state index >= 15 is 0 Å². The summed E-state index contributed by atoms with van der Waals surface area (Å²) in [6.45, 7) is 10.9. The number of aryl methyl sites for hydroxylation is 3. The first-order chi connectivity index (χ1) is 11.5. The Balaban J connectivity index is 1.60. The fraction of sp³-hybridized carbons (Fsp3) is 0.474. The standard InChI is InChI=1S/C19H26N4O/c1-5-8-23-15(4)10-20-18(23)16-11-22(12-16)19(24)21-17-7-6-13(2)14(3)9-17/h6-7,9-10,16H,5,8,11-12H2,1-4H3,(H,21,24). The number of carbonyl (C=O) groups is 1. The van der Waals surface area contributed by atoms with Crippen molar-refractivity contribution in [1.82, 2.24) is 14.5 Å². The molecule has 128 valence electrons. The van der Waals surface area contributed by atoms with Gasteiger partial charge in [-0.1, -0.05) is 13.0 Å². The molecule has 0 spiro atoms. The third-order valence-corrected chi connectivity index (χ3v) is 4.83. The lowest BCUT2D eigenvalue weighted by Gasteiger charge is -2.39. The fourth-order valence-electron chi connectivity index (χ4n) is 3.15. The van der Waals surface area contributed by atoms with Crippen LogP contribution in [-0.2, 0) is 6.54 Å². The normalized spacial score (nSPS) is 14.6. The van der Waals surface area contributed by atoms with Gasteiger partial charge in [-0.15, -0.1) is 0 Å². The number of rotatable bonds is 4. The van der Waals surface area contributed by atoms with Crippen molar-refractivity contribution in [3.63, 3.8) is 0 Å². The Morgan fingerprint density at radius 1 is 1.25 bits per heavy atom. The Labute approximate surface area is 143 Å². The van der Waals surface area contributed by atoms with Crippen molar-refractivity contribution in [3.05, 3.63) is 47.0 Å². The van der Waals surface area contributed by atoms with Crippen molar-refractivity contribution in [1.29, 1.82) is 0 Å². The molecule has 1 saturated heterocycles. The first kappa shape index (κ1) is 16.6. The SMILES string of the molecule is CCCn1c(C)cnc1C1CN(C(=O)Nc2ccc(C)c(C)c2)C1. The van der Waals surface area contributed by atoms with Gasteiger partial charge in [0.2, 0.25) is 0 Å². The molecular formula is C19H26N4O. The van der Waals surface area contributed by atoms with Crippen LogP contribution in [-0.4, -0.2) is 33.6 Å². The summed E-state index contributed by atoms with van der Waals surface area (Å²) in [6, 6.07) is 5.98. The Bertz CT molecular complexity index is 744. The number of urea groups is 1. The summed E-state index contributed by atoms with van der Waals surface area (Å²) < 4.78 is 2.28. The van der Waals surface area contributed by atoms with Gasteiger partial charge in [-0.3, -0.25) is 0 Å². The predicted octanol–water partition coefficient (Wildman–Crippen LogP) is 3.85. The zero-order valence-electron chi connectivity index (χ0n) is 15.0. The molecule has 1 aliphatic rings. The van der Waals surface area contributed by atoms with Gasteiger partial charge in [0.25, 0.3) is 0 Å². The van der Waals surface area contributed by atoms with E-state index in [1.807, 2.05) is 29.3 Å². The van der Waals surface area contributed by atoms with Gasteiger partial charge >= 0.3 is 6.03 Å². The molecule has 0 radical (unpaired) electrons. The summed E-state index contributed by atoms with van der Waals surface area (Å²) in [5, 5.41) is 2.99. The van der Waals surface area contributed by atoms with Crippen LogP contribution in [0.25, 0.3) is 0 Å². The van der Waals surface area contributed by atoms with E-state index in [-0.39, 0.29) is 6.03 Å². The first-order valence-corrected chi connectivity index (χ1v) is 8.64. The molecule has 2 amide bonds. The van der Waals surface area contributed by atoms with Gasteiger partial charge < -0.3 is 14.8 Å². The van der Waals surface area contributed by atoms with Crippen molar-refractivity contribution in [2.75, 3.05) is 18.4 Å². The molecule has 3 rings (SSSR count). The molecule has 1 fully saturated rings. The lowest BCUT2D eigenvalue weighted by Crippen LogP contribution is -2.51. The van der Waals surface area contributed by atoms with E-state index in [0.29, 0.717) is 5.92 Å². The minimum Gasteiger partial charge on any atom is -0.332 e. The predicted molar refractivity (Wildman–Crippen MR) is 96.5 cm³/mol. The van der Waals surface area contributed by atoms with Crippen molar-refractivity contribution in [2.45, 2.75) is 46.6 Å². The van der Waals surface area contributed by atoms with Crippen molar-refractivity contribution >= 4 is 11.7 Å². The van der Waals surface area contributed by atoms with Gasteiger partial charge in [0.1, 0.15) is 5.82 Å². The Kier molecular flexibility index (Phi) is 4.60. The quantitative estimate of drug-likeness (QED) is 0.928. The van der Waals surface area contributed by atoms with Gasteiger partial charge in [0, 0.05) is 37.2 Å². The van der Waals surface area contributed by atoms with Crippen LogP contribution in [0.5, 0.6) is 0 Å². The number of benzene rings is 1. The molecule has 1 aromatic heterocycles. The summed E-state index contributed by atoms with van der Waals surface area (Å²) in [5.41, 5.74) is 4.47. The molecule has 5 nitrogen and oxygen atoms in total.